The Balaban J connectivity index is 1.44. The molecule has 2 bridgehead atoms. The smallest absolute Gasteiger partial charge is 0.253 e. The van der Waals surface area contributed by atoms with E-state index in [1.54, 1.807) is 7.11 Å². The van der Waals surface area contributed by atoms with Crippen LogP contribution in [0, 0.1) is 0 Å². The molecule has 0 aliphatic carbocycles. The van der Waals surface area contributed by atoms with Crippen LogP contribution in [0.4, 0.5) is 0 Å². The van der Waals surface area contributed by atoms with E-state index in [0.717, 1.165) is 54.4 Å². The standard InChI is InChI=1S/C35H30N4O4/c1-35-32(42-3)25(37(2)34(41)19-11-5-4-6-12-19)17-26(43-35)38-23-15-9-7-13-20(23)28-29-22(18-36-33(29)40)27-21-14-8-10-16-24(21)39(35)31(27)30(28)38/h4-16,18,25-26,32,36,40H,17H2,1-3H3/t25-,26-,32-,35+/m0/s1. The molecule has 0 saturated carbocycles. The number of aromatic hydroxyl groups is 1. The Morgan fingerprint density at radius 1 is 0.930 bits per heavy atom. The summed E-state index contributed by atoms with van der Waals surface area (Å²) in [5, 5.41) is 17.1. The molecule has 43 heavy (non-hydrogen) atoms. The van der Waals surface area contributed by atoms with Crippen LogP contribution in [0.25, 0.3) is 54.4 Å². The number of hydrogen-bond acceptors (Lipinski definition) is 4. The van der Waals surface area contributed by atoms with Crippen LogP contribution in [0.15, 0.2) is 85.1 Å². The average molecular weight is 571 g/mol. The predicted octanol–water partition coefficient (Wildman–Crippen LogP) is 6.85. The Bertz CT molecular complexity index is 2280. The van der Waals surface area contributed by atoms with Gasteiger partial charge in [-0.3, -0.25) is 4.79 Å². The van der Waals surface area contributed by atoms with Crippen LogP contribution < -0.4 is 0 Å². The Labute approximate surface area is 246 Å². The van der Waals surface area contributed by atoms with Crippen molar-refractivity contribution in [3.05, 3.63) is 90.6 Å². The number of aromatic amines is 1. The summed E-state index contributed by atoms with van der Waals surface area (Å²) in [5.74, 6) is 0.0911. The second kappa shape index (κ2) is 8.40. The van der Waals surface area contributed by atoms with Gasteiger partial charge in [0.15, 0.2) is 11.6 Å². The Morgan fingerprint density at radius 3 is 2.35 bits per heavy atom. The highest BCUT2D eigenvalue weighted by molar-refractivity contribution is 6.37. The van der Waals surface area contributed by atoms with Crippen molar-refractivity contribution in [2.45, 2.75) is 37.4 Å². The lowest BCUT2D eigenvalue weighted by Gasteiger charge is -2.50. The number of rotatable bonds is 3. The highest BCUT2D eigenvalue weighted by atomic mass is 16.6. The summed E-state index contributed by atoms with van der Waals surface area (Å²) in [6.07, 6.45) is 1.54. The van der Waals surface area contributed by atoms with Gasteiger partial charge >= 0.3 is 0 Å². The SMILES string of the molecule is CO[C@H]1[C@@H](N(C)C(=O)c2ccccc2)C[C@@H]2O[C@@]1(C)n1c3ccccc3c3c4c[nH]c(O)c4c4c5ccccc5n2c4c31. The highest BCUT2D eigenvalue weighted by Gasteiger charge is 2.54. The predicted molar refractivity (Wildman–Crippen MR) is 167 cm³/mol. The van der Waals surface area contributed by atoms with E-state index in [2.05, 4.69) is 45.3 Å². The quantitative estimate of drug-likeness (QED) is 0.243. The van der Waals surface area contributed by atoms with Gasteiger partial charge in [0.25, 0.3) is 5.91 Å². The number of carbonyl (C=O) groups is 1. The number of nitrogens with one attached hydrogen (secondary N) is 1. The normalized spacial score (nSPS) is 23.2. The van der Waals surface area contributed by atoms with Crippen molar-refractivity contribution in [1.29, 1.82) is 0 Å². The number of amides is 1. The van der Waals surface area contributed by atoms with Gasteiger partial charge in [0.2, 0.25) is 0 Å². The van der Waals surface area contributed by atoms with Gasteiger partial charge in [-0.05, 0) is 31.2 Å². The zero-order chi connectivity index (χ0) is 29.2. The van der Waals surface area contributed by atoms with Gasteiger partial charge in [-0.1, -0.05) is 54.6 Å². The number of ether oxygens (including phenoxy) is 2. The fourth-order valence-corrected chi connectivity index (χ4v) is 8.20. The lowest BCUT2D eigenvalue weighted by atomic mass is 9.91. The molecule has 5 heterocycles. The fraction of sp³-hybridized carbons (Fsp3) is 0.229. The summed E-state index contributed by atoms with van der Waals surface area (Å²) in [5.41, 5.74) is 3.72. The molecule has 8 heteroatoms. The molecule has 0 radical (unpaired) electrons. The van der Waals surface area contributed by atoms with Crippen LogP contribution in [-0.4, -0.2) is 56.3 Å². The number of likely N-dealkylation sites (N-methyl/N-ethyl adjacent to an activating group) is 1. The molecule has 3 aromatic heterocycles. The molecule has 2 aliphatic rings. The zero-order valence-electron chi connectivity index (χ0n) is 24.0. The number of methoxy groups -OCH3 is 1. The minimum atomic E-state index is -0.978. The maximum absolute atomic E-state index is 13.9. The summed E-state index contributed by atoms with van der Waals surface area (Å²) in [6.45, 7) is 2.09. The third-order valence-corrected chi connectivity index (χ3v) is 9.91. The monoisotopic (exact) mass is 570 g/mol. The molecule has 1 amide bonds. The third kappa shape index (κ3) is 2.94. The fourth-order valence-electron chi connectivity index (χ4n) is 8.20. The van der Waals surface area contributed by atoms with E-state index in [1.807, 2.05) is 72.7 Å². The largest absolute Gasteiger partial charge is 0.494 e. The number of benzene rings is 4. The van der Waals surface area contributed by atoms with Crippen molar-refractivity contribution in [2.24, 2.45) is 0 Å². The first-order valence-corrected chi connectivity index (χ1v) is 14.6. The number of H-pyrrole nitrogens is 1. The highest BCUT2D eigenvalue weighted by Crippen LogP contribution is 2.55. The second-order valence-corrected chi connectivity index (χ2v) is 12.0. The molecule has 4 atom stereocenters. The Morgan fingerprint density at radius 2 is 1.60 bits per heavy atom. The number of aromatic nitrogens is 3. The molecule has 1 saturated heterocycles. The topological polar surface area (TPSA) is 84.7 Å². The van der Waals surface area contributed by atoms with Gasteiger partial charge in [0.05, 0.1) is 33.5 Å². The molecule has 0 spiro atoms. The Hall–Kier alpha value is -4.79. The van der Waals surface area contributed by atoms with Gasteiger partial charge in [-0.25, -0.2) is 0 Å². The summed E-state index contributed by atoms with van der Waals surface area (Å²) in [6, 6.07) is 25.7. The number of nitrogens with zero attached hydrogens (tertiary/aromatic N) is 3. The molecular weight excluding hydrogens is 540 g/mol. The summed E-state index contributed by atoms with van der Waals surface area (Å²) in [7, 11) is 3.58. The second-order valence-electron chi connectivity index (χ2n) is 12.0. The maximum Gasteiger partial charge on any atom is 0.253 e. The number of fused-ring (bicyclic) bond motifs is 13. The number of carbonyl (C=O) groups excluding carboxylic acids is 1. The average Bonchev–Trinajstić information content (AvgIpc) is 3.68. The van der Waals surface area contributed by atoms with Gasteiger partial charge < -0.3 is 33.6 Å². The van der Waals surface area contributed by atoms with Crippen LogP contribution in [0.3, 0.4) is 0 Å². The van der Waals surface area contributed by atoms with Crippen molar-refractivity contribution in [3.63, 3.8) is 0 Å². The summed E-state index contributed by atoms with van der Waals surface area (Å²) < 4.78 is 18.2. The van der Waals surface area contributed by atoms with Gasteiger partial charge in [-0.15, -0.1) is 0 Å². The lowest BCUT2D eigenvalue weighted by Crippen LogP contribution is -2.61. The van der Waals surface area contributed by atoms with Crippen molar-refractivity contribution < 1.29 is 19.4 Å². The van der Waals surface area contributed by atoms with Crippen LogP contribution >= 0.6 is 0 Å². The van der Waals surface area contributed by atoms with Crippen LogP contribution in [-0.2, 0) is 15.2 Å². The minimum Gasteiger partial charge on any atom is -0.494 e. The molecule has 9 rings (SSSR count). The van der Waals surface area contributed by atoms with E-state index in [-0.39, 0.29) is 17.8 Å². The van der Waals surface area contributed by atoms with E-state index in [1.165, 1.54) is 0 Å². The van der Waals surface area contributed by atoms with Crippen molar-refractivity contribution in [2.75, 3.05) is 14.2 Å². The van der Waals surface area contributed by atoms with Crippen molar-refractivity contribution >= 4 is 60.3 Å². The molecule has 2 N–H and O–H groups in total. The molecule has 8 nitrogen and oxygen atoms in total. The molecule has 0 unspecified atom stereocenters. The first-order chi connectivity index (χ1) is 20.9. The van der Waals surface area contributed by atoms with E-state index >= 15 is 0 Å². The van der Waals surface area contributed by atoms with E-state index in [0.29, 0.717) is 12.0 Å². The molecule has 4 aromatic carbocycles. The van der Waals surface area contributed by atoms with Crippen LogP contribution in [0.5, 0.6) is 5.88 Å². The van der Waals surface area contributed by atoms with Crippen molar-refractivity contribution in [1.82, 2.24) is 19.0 Å². The maximum atomic E-state index is 13.9. The first-order valence-electron chi connectivity index (χ1n) is 14.6. The van der Waals surface area contributed by atoms with Gasteiger partial charge in [0.1, 0.15) is 12.3 Å². The van der Waals surface area contributed by atoms with E-state index in [9.17, 15) is 9.90 Å². The number of para-hydroxylation sites is 2. The minimum absolute atomic E-state index is 0.0587. The summed E-state index contributed by atoms with van der Waals surface area (Å²) in [4.78, 5) is 18.8. The van der Waals surface area contributed by atoms with Crippen LogP contribution in [0.1, 0.15) is 29.9 Å². The summed E-state index contributed by atoms with van der Waals surface area (Å²) >= 11 is 0. The third-order valence-electron chi connectivity index (χ3n) is 9.91. The molecule has 1 fully saturated rings. The first kappa shape index (κ1) is 24.8. The lowest BCUT2D eigenvalue weighted by molar-refractivity contribution is -0.264. The van der Waals surface area contributed by atoms with Gasteiger partial charge in [-0.2, -0.15) is 0 Å². The van der Waals surface area contributed by atoms with Crippen LogP contribution in [0.2, 0.25) is 0 Å². The molecular formula is C35H30N4O4. The number of hydrogen-bond donors (Lipinski definition) is 2. The van der Waals surface area contributed by atoms with Crippen molar-refractivity contribution in [3.8, 4) is 5.88 Å². The zero-order valence-corrected chi connectivity index (χ0v) is 24.0. The van der Waals surface area contributed by atoms with E-state index < -0.39 is 18.1 Å². The van der Waals surface area contributed by atoms with E-state index in [4.69, 9.17) is 9.47 Å². The molecule has 7 aromatic rings. The molecule has 214 valence electrons. The van der Waals surface area contributed by atoms with Gasteiger partial charge in [0, 0.05) is 59.3 Å². The molecule has 2 aliphatic heterocycles. The Kier molecular flexibility index (Phi) is 4.84.